The average molecular weight is 318 g/mol. The number of hydrogen-bond donors (Lipinski definition) is 0. The maximum Gasteiger partial charge on any atom is 0.170 e. The Balaban J connectivity index is 1.80. The van der Waals surface area contributed by atoms with Crippen LogP contribution in [0.2, 0.25) is 0 Å². The summed E-state index contributed by atoms with van der Waals surface area (Å²) in [4.78, 5) is 13.2. The van der Waals surface area contributed by atoms with E-state index in [2.05, 4.69) is 6.92 Å². The molecule has 1 aromatic heterocycles. The summed E-state index contributed by atoms with van der Waals surface area (Å²) in [7, 11) is 0. The second-order valence-electron chi connectivity index (χ2n) is 6.14. The highest BCUT2D eigenvalue weighted by molar-refractivity contribution is 5.99. The molecule has 0 fully saturated rings. The van der Waals surface area contributed by atoms with Gasteiger partial charge in [0.05, 0.1) is 12.2 Å². The van der Waals surface area contributed by atoms with Crippen LogP contribution < -0.4 is 4.74 Å². The van der Waals surface area contributed by atoms with Gasteiger partial charge < -0.3 is 9.15 Å². The molecular weight excluding hydrogens is 300 g/mol. The zero-order chi connectivity index (χ0) is 16.5. The monoisotopic (exact) mass is 318 g/mol. The van der Waals surface area contributed by atoms with E-state index in [-0.39, 0.29) is 17.6 Å². The molecule has 0 amide bonds. The van der Waals surface area contributed by atoms with Crippen LogP contribution in [0.25, 0.3) is 0 Å². The van der Waals surface area contributed by atoms with Gasteiger partial charge in [-0.15, -0.1) is 0 Å². The lowest BCUT2D eigenvalue weighted by Gasteiger charge is -2.36. The second-order valence-corrected chi connectivity index (χ2v) is 6.14. The zero-order valence-corrected chi connectivity index (χ0v) is 13.4. The molecule has 3 nitrogen and oxygen atoms in total. The molecule has 0 spiro atoms. The Bertz CT molecular complexity index is 837. The molecule has 0 aliphatic carbocycles. The molecule has 0 radical (unpaired) electrons. The first-order chi connectivity index (χ1) is 11.8. The van der Waals surface area contributed by atoms with Crippen molar-refractivity contribution in [2.75, 3.05) is 0 Å². The van der Waals surface area contributed by atoms with Crippen LogP contribution >= 0.6 is 0 Å². The van der Waals surface area contributed by atoms with Crippen molar-refractivity contribution in [2.24, 2.45) is 5.92 Å². The first-order valence-electron chi connectivity index (χ1n) is 8.14. The average Bonchev–Trinajstić information content (AvgIpc) is 3.16. The predicted molar refractivity (Wildman–Crippen MR) is 91.2 cm³/mol. The van der Waals surface area contributed by atoms with Crippen LogP contribution in [0.4, 0.5) is 0 Å². The Labute approximate surface area is 140 Å². The van der Waals surface area contributed by atoms with Crippen molar-refractivity contribution in [3.05, 3.63) is 89.9 Å². The molecule has 3 heteroatoms. The van der Waals surface area contributed by atoms with Gasteiger partial charge in [0.25, 0.3) is 0 Å². The molecule has 0 bridgehead atoms. The van der Waals surface area contributed by atoms with Gasteiger partial charge >= 0.3 is 0 Å². The van der Waals surface area contributed by atoms with Gasteiger partial charge in [0, 0.05) is 5.56 Å². The third kappa shape index (κ3) is 2.42. The molecule has 2 heterocycles. The number of carbonyl (C=O) groups excluding carboxylic acids is 1. The standard InChI is InChI=1S/C21H18O3/c1-14-16-10-5-6-11-17(16)24-21(18-12-7-13-23-18)19(14)20(22)15-8-3-2-4-9-15/h2-14,19,21H,1H3. The van der Waals surface area contributed by atoms with Gasteiger partial charge in [0.1, 0.15) is 11.5 Å². The first-order valence-corrected chi connectivity index (χ1v) is 8.14. The number of furan rings is 1. The predicted octanol–water partition coefficient (Wildman–Crippen LogP) is 5.02. The summed E-state index contributed by atoms with van der Waals surface area (Å²) >= 11 is 0. The topological polar surface area (TPSA) is 39.4 Å². The number of hydrogen-bond acceptors (Lipinski definition) is 3. The summed E-state index contributed by atoms with van der Waals surface area (Å²) in [5.41, 5.74) is 1.77. The van der Waals surface area contributed by atoms with Crippen molar-refractivity contribution in [1.29, 1.82) is 0 Å². The third-order valence-corrected chi connectivity index (χ3v) is 4.71. The molecule has 3 aromatic rings. The normalized spacial score (nSPS) is 22.5. The molecule has 0 saturated heterocycles. The van der Waals surface area contributed by atoms with Crippen LogP contribution in [-0.4, -0.2) is 5.78 Å². The van der Waals surface area contributed by atoms with Crippen molar-refractivity contribution >= 4 is 5.78 Å². The number of ether oxygens (including phenoxy) is 1. The van der Waals surface area contributed by atoms with Crippen molar-refractivity contribution in [2.45, 2.75) is 18.9 Å². The van der Waals surface area contributed by atoms with Crippen LogP contribution in [-0.2, 0) is 0 Å². The van der Waals surface area contributed by atoms with Crippen molar-refractivity contribution < 1.29 is 13.9 Å². The van der Waals surface area contributed by atoms with Crippen LogP contribution in [0, 0.1) is 5.92 Å². The summed E-state index contributed by atoms with van der Waals surface area (Å²) in [5, 5.41) is 0. The van der Waals surface area contributed by atoms with E-state index in [1.807, 2.05) is 66.7 Å². The molecule has 120 valence electrons. The van der Waals surface area contributed by atoms with Crippen LogP contribution in [0.3, 0.4) is 0 Å². The van der Waals surface area contributed by atoms with Gasteiger partial charge in [0.2, 0.25) is 0 Å². The van der Waals surface area contributed by atoms with Crippen molar-refractivity contribution in [3.63, 3.8) is 0 Å². The second kappa shape index (κ2) is 6.00. The highest BCUT2D eigenvalue weighted by atomic mass is 16.5. The molecule has 2 aromatic carbocycles. The highest BCUT2D eigenvalue weighted by Gasteiger charge is 2.42. The number of para-hydroxylation sites is 1. The van der Waals surface area contributed by atoms with E-state index in [0.29, 0.717) is 11.3 Å². The molecule has 0 N–H and O–H groups in total. The van der Waals surface area contributed by atoms with Crippen molar-refractivity contribution in [1.82, 2.24) is 0 Å². The summed E-state index contributed by atoms with van der Waals surface area (Å²) in [6, 6.07) is 21.0. The summed E-state index contributed by atoms with van der Waals surface area (Å²) < 4.78 is 11.8. The van der Waals surface area contributed by atoms with E-state index < -0.39 is 6.10 Å². The van der Waals surface area contributed by atoms with Gasteiger partial charge in [-0.2, -0.15) is 0 Å². The molecule has 24 heavy (non-hydrogen) atoms. The van der Waals surface area contributed by atoms with E-state index in [4.69, 9.17) is 9.15 Å². The first kappa shape index (κ1) is 14.8. The largest absolute Gasteiger partial charge is 0.481 e. The molecule has 0 saturated carbocycles. The van der Waals surface area contributed by atoms with Gasteiger partial charge in [0.15, 0.2) is 11.9 Å². The maximum atomic E-state index is 13.2. The minimum absolute atomic E-state index is 0.0396. The molecular formula is C21H18O3. The summed E-state index contributed by atoms with van der Waals surface area (Å²) in [6.45, 7) is 2.09. The minimum Gasteiger partial charge on any atom is -0.481 e. The lowest BCUT2D eigenvalue weighted by Crippen LogP contribution is -2.34. The van der Waals surface area contributed by atoms with Gasteiger partial charge in [-0.25, -0.2) is 0 Å². The molecule has 1 aliphatic rings. The molecule has 1 aliphatic heterocycles. The number of rotatable bonds is 3. The third-order valence-electron chi connectivity index (χ3n) is 4.71. The zero-order valence-electron chi connectivity index (χ0n) is 13.4. The lowest BCUT2D eigenvalue weighted by molar-refractivity contribution is 0.0547. The van der Waals surface area contributed by atoms with E-state index in [9.17, 15) is 4.79 Å². The van der Waals surface area contributed by atoms with E-state index in [0.717, 1.165) is 11.3 Å². The lowest BCUT2D eigenvalue weighted by atomic mass is 9.76. The smallest absolute Gasteiger partial charge is 0.170 e. The fourth-order valence-electron chi connectivity index (χ4n) is 3.48. The van der Waals surface area contributed by atoms with E-state index >= 15 is 0 Å². The highest BCUT2D eigenvalue weighted by Crippen LogP contribution is 2.47. The molecule has 3 unspecified atom stereocenters. The SMILES string of the molecule is CC1c2ccccc2OC(c2ccco2)C1C(=O)c1ccccc1. The van der Waals surface area contributed by atoms with E-state index in [1.165, 1.54) is 0 Å². The number of fused-ring (bicyclic) bond motifs is 1. The molecule has 3 atom stereocenters. The van der Waals surface area contributed by atoms with Crippen LogP contribution in [0.15, 0.2) is 77.4 Å². The Morgan fingerprint density at radius 3 is 2.42 bits per heavy atom. The Morgan fingerprint density at radius 1 is 0.917 bits per heavy atom. The summed E-state index contributed by atoms with van der Waals surface area (Å²) in [6.07, 6.45) is 1.20. The number of Topliss-reactive ketones (excluding diaryl/α,β-unsaturated/α-hetero) is 1. The Kier molecular flexibility index (Phi) is 3.69. The van der Waals surface area contributed by atoms with E-state index in [1.54, 1.807) is 6.26 Å². The quantitative estimate of drug-likeness (QED) is 0.637. The van der Waals surface area contributed by atoms with Gasteiger partial charge in [-0.1, -0.05) is 55.5 Å². The molecule has 4 rings (SSSR count). The minimum atomic E-state index is -0.419. The Morgan fingerprint density at radius 2 is 1.67 bits per heavy atom. The number of benzene rings is 2. The fourth-order valence-corrected chi connectivity index (χ4v) is 3.48. The van der Waals surface area contributed by atoms with Crippen LogP contribution in [0.5, 0.6) is 5.75 Å². The maximum absolute atomic E-state index is 13.2. The fraction of sp³-hybridized carbons (Fsp3) is 0.190. The number of carbonyl (C=O) groups is 1. The van der Waals surface area contributed by atoms with Crippen molar-refractivity contribution in [3.8, 4) is 5.75 Å². The van der Waals surface area contributed by atoms with Crippen LogP contribution in [0.1, 0.15) is 40.6 Å². The Hall–Kier alpha value is -2.81. The van der Waals surface area contributed by atoms with Gasteiger partial charge in [-0.05, 0) is 29.7 Å². The number of ketones is 1. The summed E-state index contributed by atoms with van der Waals surface area (Å²) in [5.74, 6) is 1.30. The van der Waals surface area contributed by atoms with Gasteiger partial charge in [-0.3, -0.25) is 4.79 Å².